The average molecular weight is 225 g/mol. The van der Waals surface area contributed by atoms with E-state index in [4.69, 9.17) is 5.11 Å². The van der Waals surface area contributed by atoms with Crippen molar-refractivity contribution in [1.29, 1.82) is 0 Å². The summed E-state index contributed by atoms with van der Waals surface area (Å²) in [5.41, 5.74) is 0. The van der Waals surface area contributed by atoms with Gasteiger partial charge < -0.3 is 10.4 Å². The highest BCUT2D eigenvalue weighted by Gasteiger charge is 2.37. The average Bonchev–Trinajstić information content (AvgIpc) is 2.73. The third-order valence-corrected chi connectivity index (χ3v) is 3.02. The van der Waals surface area contributed by atoms with Gasteiger partial charge in [-0.1, -0.05) is 18.6 Å². The van der Waals surface area contributed by atoms with Crippen LogP contribution in [0.1, 0.15) is 32.6 Å². The fourth-order valence-electron chi connectivity index (χ4n) is 2.15. The first-order valence-corrected chi connectivity index (χ1v) is 5.78. The molecule has 1 fully saturated rings. The van der Waals surface area contributed by atoms with E-state index in [1.54, 1.807) is 0 Å². The number of hydrogen-bond acceptors (Lipinski definition) is 2. The molecule has 0 aromatic heterocycles. The highest BCUT2D eigenvalue weighted by molar-refractivity contribution is 5.85. The SMILES string of the molecule is C/C=C/CCNC(=O)C1CCCC1C(=O)O. The van der Waals surface area contributed by atoms with Crippen molar-refractivity contribution in [3.8, 4) is 0 Å². The molecule has 1 rings (SSSR count). The molecular formula is C12H19NO3. The predicted molar refractivity (Wildman–Crippen MR) is 60.9 cm³/mol. The highest BCUT2D eigenvalue weighted by atomic mass is 16.4. The molecule has 4 nitrogen and oxygen atoms in total. The van der Waals surface area contributed by atoms with E-state index >= 15 is 0 Å². The Bertz CT molecular complexity index is 286. The first-order chi connectivity index (χ1) is 7.66. The fourth-order valence-corrected chi connectivity index (χ4v) is 2.15. The Morgan fingerprint density at radius 1 is 1.38 bits per heavy atom. The van der Waals surface area contributed by atoms with Crippen molar-refractivity contribution in [3.05, 3.63) is 12.2 Å². The first kappa shape index (κ1) is 12.7. The van der Waals surface area contributed by atoms with Gasteiger partial charge in [0.15, 0.2) is 0 Å². The number of aliphatic carboxylic acids is 1. The third-order valence-electron chi connectivity index (χ3n) is 3.02. The van der Waals surface area contributed by atoms with E-state index in [0.29, 0.717) is 19.4 Å². The maximum Gasteiger partial charge on any atom is 0.307 e. The van der Waals surface area contributed by atoms with Crippen LogP contribution in [0.15, 0.2) is 12.2 Å². The number of carbonyl (C=O) groups is 2. The van der Waals surface area contributed by atoms with Crippen LogP contribution >= 0.6 is 0 Å². The molecule has 0 aromatic carbocycles. The van der Waals surface area contributed by atoms with Crippen LogP contribution < -0.4 is 5.32 Å². The molecule has 0 aliphatic heterocycles. The minimum Gasteiger partial charge on any atom is -0.481 e. The Balaban J connectivity index is 2.38. The number of carboxylic acids is 1. The molecule has 0 aromatic rings. The Morgan fingerprint density at radius 2 is 2.06 bits per heavy atom. The van der Waals surface area contributed by atoms with Crippen molar-refractivity contribution in [3.63, 3.8) is 0 Å². The van der Waals surface area contributed by atoms with E-state index in [2.05, 4.69) is 5.32 Å². The predicted octanol–water partition coefficient (Wildman–Crippen LogP) is 1.57. The number of amides is 1. The lowest BCUT2D eigenvalue weighted by Gasteiger charge is -2.14. The highest BCUT2D eigenvalue weighted by Crippen LogP contribution is 2.31. The van der Waals surface area contributed by atoms with Crippen molar-refractivity contribution < 1.29 is 14.7 Å². The summed E-state index contributed by atoms with van der Waals surface area (Å²) in [5.74, 6) is -1.76. The van der Waals surface area contributed by atoms with Crippen LogP contribution in [0.25, 0.3) is 0 Å². The van der Waals surface area contributed by atoms with Gasteiger partial charge in [-0.15, -0.1) is 0 Å². The lowest BCUT2D eigenvalue weighted by molar-refractivity contribution is -0.146. The summed E-state index contributed by atoms with van der Waals surface area (Å²) in [4.78, 5) is 22.6. The van der Waals surface area contributed by atoms with E-state index in [-0.39, 0.29) is 11.8 Å². The van der Waals surface area contributed by atoms with Gasteiger partial charge in [0.25, 0.3) is 0 Å². The summed E-state index contributed by atoms with van der Waals surface area (Å²) in [6, 6.07) is 0. The van der Waals surface area contributed by atoms with E-state index in [0.717, 1.165) is 12.8 Å². The van der Waals surface area contributed by atoms with E-state index in [1.807, 2.05) is 19.1 Å². The number of rotatable bonds is 5. The standard InChI is InChI=1S/C12H19NO3/c1-2-3-4-8-13-11(14)9-6-5-7-10(9)12(15)16/h2-3,9-10H,4-8H2,1H3,(H,13,14)(H,15,16)/b3-2+. The number of hydrogen-bond donors (Lipinski definition) is 2. The molecule has 0 radical (unpaired) electrons. The molecule has 90 valence electrons. The third kappa shape index (κ3) is 3.36. The zero-order valence-electron chi connectivity index (χ0n) is 9.61. The van der Waals surface area contributed by atoms with Crippen LogP contribution in [0.5, 0.6) is 0 Å². The number of carboxylic acid groups (broad SMARTS) is 1. The van der Waals surface area contributed by atoms with Gasteiger partial charge in [-0.3, -0.25) is 9.59 Å². The molecule has 1 aliphatic rings. The van der Waals surface area contributed by atoms with Crippen LogP contribution in [0.2, 0.25) is 0 Å². The summed E-state index contributed by atoms with van der Waals surface area (Å²) in [5, 5.41) is 11.7. The number of allylic oxidation sites excluding steroid dienone is 1. The van der Waals surface area contributed by atoms with Gasteiger partial charge in [0.1, 0.15) is 0 Å². The second-order valence-corrected chi connectivity index (χ2v) is 4.13. The number of carbonyl (C=O) groups excluding carboxylic acids is 1. The van der Waals surface area contributed by atoms with Gasteiger partial charge in [-0.2, -0.15) is 0 Å². The molecule has 1 aliphatic carbocycles. The Labute approximate surface area is 95.7 Å². The van der Waals surface area contributed by atoms with Gasteiger partial charge in [-0.05, 0) is 26.2 Å². The van der Waals surface area contributed by atoms with Crippen molar-refractivity contribution in [2.75, 3.05) is 6.54 Å². The summed E-state index contributed by atoms with van der Waals surface area (Å²) in [6.45, 7) is 2.52. The molecule has 2 N–H and O–H groups in total. The van der Waals surface area contributed by atoms with Crippen LogP contribution in [0, 0.1) is 11.8 Å². The zero-order chi connectivity index (χ0) is 12.0. The quantitative estimate of drug-likeness (QED) is 0.551. The van der Waals surface area contributed by atoms with Crippen molar-refractivity contribution in [2.24, 2.45) is 11.8 Å². The molecule has 16 heavy (non-hydrogen) atoms. The Kier molecular flexibility index (Phi) is 5.02. The Hall–Kier alpha value is -1.32. The van der Waals surface area contributed by atoms with Crippen LogP contribution in [0.3, 0.4) is 0 Å². The number of nitrogens with one attached hydrogen (secondary N) is 1. The summed E-state index contributed by atoms with van der Waals surface area (Å²) < 4.78 is 0. The molecule has 1 amide bonds. The lowest BCUT2D eigenvalue weighted by Crippen LogP contribution is -2.35. The topological polar surface area (TPSA) is 66.4 Å². The van der Waals surface area contributed by atoms with Gasteiger partial charge in [0, 0.05) is 6.54 Å². The molecule has 0 bridgehead atoms. The minimum absolute atomic E-state index is 0.102. The molecule has 2 unspecified atom stereocenters. The van der Waals surface area contributed by atoms with Crippen molar-refractivity contribution in [2.45, 2.75) is 32.6 Å². The summed E-state index contributed by atoms with van der Waals surface area (Å²) >= 11 is 0. The van der Waals surface area contributed by atoms with Crippen molar-refractivity contribution >= 4 is 11.9 Å². The van der Waals surface area contributed by atoms with Crippen LogP contribution in [0.4, 0.5) is 0 Å². The normalized spacial score (nSPS) is 24.8. The molecule has 2 atom stereocenters. The maximum atomic E-state index is 11.7. The molecule has 4 heteroatoms. The fraction of sp³-hybridized carbons (Fsp3) is 0.667. The van der Waals surface area contributed by atoms with Gasteiger partial charge in [0.2, 0.25) is 5.91 Å². The molecule has 0 saturated heterocycles. The second kappa shape index (κ2) is 6.30. The molecule has 0 spiro atoms. The monoisotopic (exact) mass is 225 g/mol. The van der Waals surface area contributed by atoms with Crippen LogP contribution in [-0.4, -0.2) is 23.5 Å². The van der Waals surface area contributed by atoms with E-state index in [9.17, 15) is 9.59 Å². The smallest absolute Gasteiger partial charge is 0.307 e. The zero-order valence-corrected chi connectivity index (χ0v) is 9.61. The van der Waals surface area contributed by atoms with Gasteiger partial charge in [-0.25, -0.2) is 0 Å². The van der Waals surface area contributed by atoms with Gasteiger partial charge in [0.05, 0.1) is 11.8 Å². The maximum absolute atomic E-state index is 11.7. The Morgan fingerprint density at radius 3 is 2.69 bits per heavy atom. The summed E-state index contributed by atoms with van der Waals surface area (Å²) in [7, 11) is 0. The van der Waals surface area contributed by atoms with Gasteiger partial charge >= 0.3 is 5.97 Å². The first-order valence-electron chi connectivity index (χ1n) is 5.78. The summed E-state index contributed by atoms with van der Waals surface area (Å²) in [6.07, 6.45) is 6.87. The van der Waals surface area contributed by atoms with E-state index in [1.165, 1.54) is 0 Å². The largest absolute Gasteiger partial charge is 0.481 e. The minimum atomic E-state index is -0.842. The van der Waals surface area contributed by atoms with E-state index < -0.39 is 11.9 Å². The lowest BCUT2D eigenvalue weighted by atomic mass is 9.95. The second-order valence-electron chi connectivity index (χ2n) is 4.13. The van der Waals surface area contributed by atoms with Crippen molar-refractivity contribution in [1.82, 2.24) is 5.32 Å². The van der Waals surface area contributed by atoms with Crippen LogP contribution in [-0.2, 0) is 9.59 Å². The molecule has 0 heterocycles. The molecule has 1 saturated carbocycles. The molecular weight excluding hydrogens is 206 g/mol.